The molecule has 0 radical (unpaired) electrons. The van der Waals surface area contributed by atoms with E-state index in [1.807, 2.05) is 0 Å². The predicted octanol–water partition coefficient (Wildman–Crippen LogP) is 4.23. The van der Waals surface area contributed by atoms with E-state index in [2.05, 4.69) is 18.7 Å². The van der Waals surface area contributed by atoms with Gasteiger partial charge in [0.25, 0.3) is 0 Å². The fourth-order valence-electron chi connectivity index (χ4n) is 8.48. The molecule has 5 fully saturated rings. The molecule has 0 unspecified atom stereocenters. The molecule has 4 saturated carbocycles. The fourth-order valence-corrected chi connectivity index (χ4v) is 8.48. The topological polar surface area (TPSA) is 55.8 Å². The lowest BCUT2D eigenvalue weighted by atomic mass is 9.45. The Kier molecular flexibility index (Phi) is 5.96. The molecule has 174 valence electrons. The van der Waals surface area contributed by atoms with Crippen LogP contribution < -0.4 is 0 Å². The van der Waals surface area contributed by atoms with Gasteiger partial charge in [0.15, 0.2) is 0 Å². The molecular formula is C26H41NO4. The smallest absolute Gasteiger partial charge is 0.307 e. The van der Waals surface area contributed by atoms with Gasteiger partial charge in [-0.25, -0.2) is 0 Å². The number of Topliss-reactive ketones (excluding diaryl/α,β-unsaturated/α-hetero) is 1. The minimum atomic E-state index is -0.0121. The molecule has 0 aromatic heterocycles. The maximum atomic E-state index is 12.7. The summed E-state index contributed by atoms with van der Waals surface area (Å²) in [5.74, 6) is 3.28. The van der Waals surface area contributed by atoms with Crippen LogP contribution in [-0.2, 0) is 19.1 Å². The SMILES string of the molecule is C[C@]12CCC(=O)C[C@H]1CC[C@@H]1[C@@H]2CC[C@]2(C)[C@H](OC(=O)CCN3CCOCC3)CC[C@@H]12. The molecule has 5 rings (SSSR count). The molecule has 4 aliphatic carbocycles. The molecule has 0 aromatic carbocycles. The number of fused-ring (bicyclic) bond motifs is 5. The van der Waals surface area contributed by atoms with Crippen LogP contribution in [0.2, 0.25) is 0 Å². The van der Waals surface area contributed by atoms with Crippen molar-refractivity contribution in [1.29, 1.82) is 0 Å². The van der Waals surface area contributed by atoms with Crippen molar-refractivity contribution in [2.45, 2.75) is 84.2 Å². The Morgan fingerprint density at radius 2 is 1.81 bits per heavy atom. The number of morpholine rings is 1. The van der Waals surface area contributed by atoms with Crippen LogP contribution in [0.1, 0.15) is 78.1 Å². The Morgan fingerprint density at radius 1 is 1.03 bits per heavy atom. The molecule has 0 aromatic rings. The van der Waals surface area contributed by atoms with Gasteiger partial charge in [-0.2, -0.15) is 0 Å². The first-order valence-corrected chi connectivity index (χ1v) is 12.9. The third kappa shape index (κ3) is 3.88. The zero-order valence-electron chi connectivity index (χ0n) is 19.6. The van der Waals surface area contributed by atoms with Crippen LogP contribution >= 0.6 is 0 Å². The van der Waals surface area contributed by atoms with Gasteiger partial charge >= 0.3 is 5.97 Å². The predicted molar refractivity (Wildman–Crippen MR) is 118 cm³/mol. The highest BCUT2D eigenvalue weighted by molar-refractivity contribution is 5.79. The quantitative estimate of drug-likeness (QED) is 0.624. The van der Waals surface area contributed by atoms with E-state index < -0.39 is 0 Å². The van der Waals surface area contributed by atoms with Crippen LogP contribution in [0.4, 0.5) is 0 Å². The minimum Gasteiger partial charge on any atom is -0.462 e. The number of ketones is 1. The van der Waals surface area contributed by atoms with Gasteiger partial charge in [-0.3, -0.25) is 14.5 Å². The van der Waals surface area contributed by atoms with Crippen LogP contribution in [-0.4, -0.2) is 55.6 Å². The van der Waals surface area contributed by atoms with Crippen molar-refractivity contribution in [2.75, 3.05) is 32.8 Å². The zero-order chi connectivity index (χ0) is 21.6. The van der Waals surface area contributed by atoms with E-state index >= 15 is 0 Å². The summed E-state index contributed by atoms with van der Waals surface area (Å²) in [6.07, 6.45) is 10.5. The molecule has 5 aliphatic rings. The Morgan fingerprint density at radius 3 is 2.61 bits per heavy atom. The lowest BCUT2D eigenvalue weighted by Crippen LogP contribution is -2.54. The number of hydrogen-bond donors (Lipinski definition) is 0. The molecule has 0 spiro atoms. The van der Waals surface area contributed by atoms with Crippen molar-refractivity contribution < 1.29 is 19.1 Å². The lowest BCUT2D eigenvalue weighted by Gasteiger charge is -2.60. The molecule has 1 aliphatic heterocycles. The van der Waals surface area contributed by atoms with Crippen molar-refractivity contribution >= 4 is 11.8 Å². The number of hydrogen-bond acceptors (Lipinski definition) is 5. The lowest BCUT2D eigenvalue weighted by molar-refractivity contribution is -0.164. The van der Waals surface area contributed by atoms with Gasteiger partial charge in [-0.1, -0.05) is 13.8 Å². The maximum absolute atomic E-state index is 12.7. The molecule has 0 amide bonds. The van der Waals surface area contributed by atoms with E-state index in [0.717, 1.165) is 70.4 Å². The molecule has 0 N–H and O–H groups in total. The van der Waals surface area contributed by atoms with Gasteiger partial charge < -0.3 is 9.47 Å². The van der Waals surface area contributed by atoms with E-state index in [0.29, 0.717) is 29.5 Å². The molecule has 7 atom stereocenters. The molecule has 1 heterocycles. The molecule has 5 nitrogen and oxygen atoms in total. The second kappa shape index (κ2) is 8.44. The second-order valence-electron chi connectivity index (χ2n) is 11.7. The van der Waals surface area contributed by atoms with E-state index in [-0.39, 0.29) is 17.5 Å². The van der Waals surface area contributed by atoms with Crippen molar-refractivity contribution in [3.63, 3.8) is 0 Å². The highest BCUT2D eigenvalue weighted by Crippen LogP contribution is 2.66. The summed E-state index contributed by atoms with van der Waals surface area (Å²) >= 11 is 0. The van der Waals surface area contributed by atoms with Crippen molar-refractivity contribution in [3.8, 4) is 0 Å². The van der Waals surface area contributed by atoms with E-state index in [9.17, 15) is 9.59 Å². The summed E-state index contributed by atoms with van der Waals surface area (Å²) < 4.78 is 11.6. The zero-order valence-corrected chi connectivity index (χ0v) is 19.6. The average molecular weight is 432 g/mol. The number of carbonyl (C=O) groups excluding carboxylic acids is 2. The first-order valence-electron chi connectivity index (χ1n) is 12.9. The Labute approximate surface area is 187 Å². The molecule has 0 bridgehead atoms. The maximum Gasteiger partial charge on any atom is 0.307 e. The standard InChI is InChI=1S/C26H41NO4/c1-25-10-7-19(28)17-18(25)3-4-20-21-5-6-23(26(21,2)11-8-22(20)25)31-24(29)9-12-27-13-15-30-16-14-27/h18,20-23H,3-17H2,1-2H3/t18-,20+,21+,22+,23-,25+,26+/m1/s1. The van der Waals surface area contributed by atoms with Crippen LogP contribution in [0.3, 0.4) is 0 Å². The van der Waals surface area contributed by atoms with Gasteiger partial charge in [0.1, 0.15) is 11.9 Å². The van der Waals surface area contributed by atoms with Crippen LogP contribution in [0.5, 0.6) is 0 Å². The first-order chi connectivity index (χ1) is 14.9. The summed E-state index contributed by atoms with van der Waals surface area (Å²) in [6.45, 7) is 9.09. The van der Waals surface area contributed by atoms with Gasteiger partial charge in [0, 0.05) is 37.9 Å². The van der Waals surface area contributed by atoms with Crippen molar-refractivity contribution in [2.24, 2.45) is 34.5 Å². The van der Waals surface area contributed by atoms with E-state index in [4.69, 9.17) is 9.47 Å². The first kappa shape index (κ1) is 21.9. The minimum absolute atomic E-state index is 0.0121. The van der Waals surface area contributed by atoms with Gasteiger partial charge in [0.05, 0.1) is 19.6 Å². The summed E-state index contributed by atoms with van der Waals surface area (Å²) in [5, 5.41) is 0. The largest absolute Gasteiger partial charge is 0.462 e. The summed E-state index contributed by atoms with van der Waals surface area (Å²) in [4.78, 5) is 27.1. The fraction of sp³-hybridized carbons (Fsp3) is 0.923. The third-order valence-electron chi connectivity index (χ3n) is 10.4. The van der Waals surface area contributed by atoms with E-state index in [1.54, 1.807) is 0 Å². The molecule has 1 saturated heterocycles. The van der Waals surface area contributed by atoms with Crippen LogP contribution in [0, 0.1) is 34.5 Å². The number of rotatable bonds is 4. The Hall–Kier alpha value is -0.940. The van der Waals surface area contributed by atoms with E-state index in [1.165, 1.54) is 32.1 Å². The normalized spacial score (nSPS) is 45.5. The Bertz CT molecular complexity index is 704. The average Bonchev–Trinajstić information content (AvgIpc) is 3.10. The highest BCUT2D eigenvalue weighted by atomic mass is 16.5. The van der Waals surface area contributed by atoms with Crippen molar-refractivity contribution in [1.82, 2.24) is 4.90 Å². The van der Waals surface area contributed by atoms with Gasteiger partial charge in [0.2, 0.25) is 0 Å². The number of nitrogens with zero attached hydrogens (tertiary/aromatic N) is 1. The number of carbonyl (C=O) groups is 2. The summed E-state index contributed by atoms with van der Waals surface area (Å²) in [6, 6.07) is 0. The number of esters is 1. The summed E-state index contributed by atoms with van der Waals surface area (Å²) in [5.41, 5.74) is 0.495. The Balaban J connectivity index is 1.22. The third-order valence-corrected chi connectivity index (χ3v) is 10.4. The van der Waals surface area contributed by atoms with Gasteiger partial charge in [-0.05, 0) is 74.0 Å². The number of ether oxygens (including phenoxy) is 2. The van der Waals surface area contributed by atoms with Crippen molar-refractivity contribution in [3.05, 3.63) is 0 Å². The van der Waals surface area contributed by atoms with Crippen LogP contribution in [0.25, 0.3) is 0 Å². The second-order valence-corrected chi connectivity index (χ2v) is 11.7. The van der Waals surface area contributed by atoms with Gasteiger partial charge in [-0.15, -0.1) is 0 Å². The molecule has 31 heavy (non-hydrogen) atoms. The highest BCUT2D eigenvalue weighted by Gasteiger charge is 2.61. The van der Waals surface area contributed by atoms with Crippen LogP contribution in [0.15, 0.2) is 0 Å². The monoisotopic (exact) mass is 431 g/mol. The molecular weight excluding hydrogens is 390 g/mol. The molecule has 5 heteroatoms. The summed E-state index contributed by atoms with van der Waals surface area (Å²) in [7, 11) is 0.